The van der Waals surface area contributed by atoms with Crippen molar-refractivity contribution in [2.75, 3.05) is 20.2 Å². The second kappa shape index (κ2) is 12.9. The molecule has 1 atom stereocenters. The fourth-order valence-electron chi connectivity index (χ4n) is 4.58. The van der Waals surface area contributed by atoms with Crippen LogP contribution in [-0.4, -0.2) is 47.0 Å². The summed E-state index contributed by atoms with van der Waals surface area (Å²) in [4.78, 5) is 12.8. The van der Waals surface area contributed by atoms with Crippen molar-refractivity contribution in [1.82, 2.24) is 10.6 Å². The van der Waals surface area contributed by atoms with Gasteiger partial charge in [0.05, 0.1) is 19.8 Å². The van der Waals surface area contributed by atoms with Gasteiger partial charge in [-0.25, -0.2) is 0 Å². The third-order valence-electron chi connectivity index (χ3n) is 6.80. The first kappa shape index (κ1) is 29.2. The van der Waals surface area contributed by atoms with Crippen LogP contribution in [0.5, 0.6) is 11.5 Å². The number of carbonyl (C=O) groups excluding carboxylic acids is 1. The quantitative estimate of drug-likeness (QED) is 0.246. The molecule has 0 aliphatic carbocycles. The Hall–Kier alpha value is -3.39. The Balaban J connectivity index is 1.55. The number of nitrogens with one attached hydrogen (secondary N) is 2. The number of carbonyl (C=O) groups is 1. The average molecular weight is 521 g/mol. The van der Waals surface area contributed by atoms with Gasteiger partial charge in [-0.2, -0.15) is 0 Å². The molecule has 0 aliphatic rings. The minimum Gasteiger partial charge on any atom is -0.508 e. The molecule has 0 aliphatic heterocycles. The molecule has 1 amide bonds. The van der Waals surface area contributed by atoms with Gasteiger partial charge in [0, 0.05) is 29.8 Å². The van der Waals surface area contributed by atoms with Gasteiger partial charge in [0.25, 0.3) is 5.91 Å². The third kappa shape index (κ3) is 7.81. The number of β-amino-alcohol motifs (C(OH)–C–C–N with tert-alkyl or cyclic N) is 1. The first-order valence-electron chi connectivity index (χ1n) is 12.9. The van der Waals surface area contributed by atoms with Crippen LogP contribution in [0.4, 0.5) is 0 Å². The van der Waals surface area contributed by atoms with Crippen LogP contribution in [0.15, 0.2) is 54.6 Å². The van der Waals surface area contributed by atoms with Gasteiger partial charge < -0.3 is 30.7 Å². The number of ether oxygens (including phenoxy) is 1. The van der Waals surface area contributed by atoms with Crippen molar-refractivity contribution in [3.63, 3.8) is 0 Å². The first-order valence-corrected chi connectivity index (χ1v) is 12.9. The Labute approximate surface area is 225 Å². The number of hydrogen-bond acceptors (Lipinski definition) is 6. The molecular weight excluding hydrogens is 480 g/mol. The summed E-state index contributed by atoms with van der Waals surface area (Å²) in [7, 11) is 1.67. The molecule has 0 unspecified atom stereocenters. The van der Waals surface area contributed by atoms with Gasteiger partial charge in [-0.3, -0.25) is 4.79 Å². The smallest absolute Gasteiger partial charge is 0.251 e. The van der Waals surface area contributed by atoms with Gasteiger partial charge in [-0.05, 0) is 98.7 Å². The van der Waals surface area contributed by atoms with Crippen LogP contribution < -0.4 is 15.4 Å². The molecular formula is C31H40N2O5. The lowest BCUT2D eigenvalue weighted by molar-refractivity contribution is 0.0954. The lowest BCUT2D eigenvalue weighted by atomic mass is 9.93. The molecule has 38 heavy (non-hydrogen) atoms. The lowest BCUT2D eigenvalue weighted by Gasteiger charge is -2.28. The van der Waals surface area contributed by atoms with Crippen molar-refractivity contribution in [3.05, 3.63) is 93.5 Å². The second-order valence-corrected chi connectivity index (χ2v) is 10.5. The molecule has 0 bridgehead atoms. The van der Waals surface area contributed by atoms with Gasteiger partial charge in [-0.15, -0.1) is 0 Å². The summed E-state index contributed by atoms with van der Waals surface area (Å²) in [6, 6.07) is 16.5. The summed E-state index contributed by atoms with van der Waals surface area (Å²) < 4.78 is 5.38. The van der Waals surface area contributed by atoms with Crippen LogP contribution in [0.25, 0.3) is 0 Å². The van der Waals surface area contributed by atoms with E-state index in [1.54, 1.807) is 19.2 Å². The van der Waals surface area contributed by atoms with Crippen molar-refractivity contribution in [2.45, 2.75) is 58.8 Å². The van der Waals surface area contributed by atoms with E-state index in [-0.39, 0.29) is 23.8 Å². The highest BCUT2D eigenvalue weighted by atomic mass is 16.5. The number of benzene rings is 3. The summed E-state index contributed by atoms with van der Waals surface area (Å²) >= 11 is 0. The SMILES string of the molecule is COc1cc(C)c(CCNC(=O)c2cccc(CC(C)(C)NC[C@@H](O)c3ccc(O)c(CO)c3)c2)cc1C. The standard InChI is InChI=1S/C31H40N2O5/c1-20-14-29(38-5)21(2)13-23(20)11-12-32-30(37)25-8-6-7-22(15-25)17-31(3,4)33-18-28(36)24-9-10-27(35)26(16-24)19-34/h6-10,13-16,28,33-36H,11-12,17-19H2,1-5H3,(H,32,37)/t28-/m1/s1. The largest absolute Gasteiger partial charge is 0.508 e. The maximum Gasteiger partial charge on any atom is 0.251 e. The van der Waals surface area contributed by atoms with E-state index in [0.717, 1.165) is 28.9 Å². The van der Waals surface area contributed by atoms with E-state index < -0.39 is 6.10 Å². The number of aryl methyl sites for hydroxylation is 2. The number of aliphatic hydroxyl groups is 2. The molecule has 3 aromatic carbocycles. The molecule has 0 spiro atoms. The molecule has 0 heterocycles. The summed E-state index contributed by atoms with van der Waals surface area (Å²) in [6.45, 7) is 8.69. The highest BCUT2D eigenvalue weighted by Crippen LogP contribution is 2.24. The van der Waals surface area contributed by atoms with Crippen LogP contribution in [0, 0.1) is 13.8 Å². The lowest BCUT2D eigenvalue weighted by Crippen LogP contribution is -2.43. The topological polar surface area (TPSA) is 111 Å². The zero-order valence-corrected chi connectivity index (χ0v) is 23.0. The Morgan fingerprint density at radius 3 is 2.50 bits per heavy atom. The number of hydrogen-bond donors (Lipinski definition) is 5. The summed E-state index contributed by atoms with van der Waals surface area (Å²) in [5.41, 5.74) is 5.68. The highest BCUT2D eigenvalue weighted by Gasteiger charge is 2.21. The minimum atomic E-state index is -0.796. The number of aromatic hydroxyl groups is 1. The van der Waals surface area contributed by atoms with E-state index in [2.05, 4.69) is 23.6 Å². The molecule has 7 heteroatoms. The third-order valence-corrected chi connectivity index (χ3v) is 6.80. The molecule has 3 rings (SSSR count). The maximum atomic E-state index is 12.8. The predicted molar refractivity (Wildman–Crippen MR) is 150 cm³/mol. The summed E-state index contributed by atoms with van der Waals surface area (Å²) in [6.07, 6.45) is 0.598. The number of methoxy groups -OCH3 is 1. The van der Waals surface area contributed by atoms with Gasteiger partial charge in [0.15, 0.2) is 0 Å². The van der Waals surface area contributed by atoms with E-state index in [9.17, 15) is 20.1 Å². The Morgan fingerprint density at radius 2 is 1.79 bits per heavy atom. The van der Waals surface area contributed by atoms with Gasteiger partial charge in [-0.1, -0.05) is 24.3 Å². The van der Waals surface area contributed by atoms with Crippen LogP contribution in [0.1, 0.15) is 63.7 Å². The zero-order valence-electron chi connectivity index (χ0n) is 23.0. The second-order valence-electron chi connectivity index (χ2n) is 10.5. The number of phenols is 1. The van der Waals surface area contributed by atoms with Gasteiger partial charge >= 0.3 is 0 Å². The van der Waals surface area contributed by atoms with Crippen molar-refractivity contribution in [2.24, 2.45) is 0 Å². The molecule has 7 nitrogen and oxygen atoms in total. The van der Waals surface area contributed by atoms with Crippen molar-refractivity contribution in [1.29, 1.82) is 0 Å². The van der Waals surface area contributed by atoms with E-state index in [1.807, 2.05) is 51.1 Å². The van der Waals surface area contributed by atoms with Crippen molar-refractivity contribution < 1.29 is 24.9 Å². The number of rotatable bonds is 12. The normalized spacial score (nSPS) is 12.3. The molecule has 0 radical (unpaired) electrons. The molecule has 0 fully saturated rings. The molecule has 0 aromatic heterocycles. The number of amides is 1. The van der Waals surface area contributed by atoms with Crippen molar-refractivity contribution in [3.8, 4) is 11.5 Å². The fourth-order valence-corrected chi connectivity index (χ4v) is 4.58. The average Bonchev–Trinajstić information content (AvgIpc) is 2.89. The van der Waals surface area contributed by atoms with E-state index >= 15 is 0 Å². The molecule has 204 valence electrons. The number of aliphatic hydroxyl groups excluding tert-OH is 2. The van der Waals surface area contributed by atoms with E-state index in [1.165, 1.54) is 11.6 Å². The molecule has 0 saturated heterocycles. The maximum absolute atomic E-state index is 12.8. The van der Waals surface area contributed by atoms with E-state index in [4.69, 9.17) is 4.74 Å². The van der Waals surface area contributed by atoms with Gasteiger partial charge in [0.2, 0.25) is 0 Å². The Morgan fingerprint density at radius 1 is 1.03 bits per heavy atom. The van der Waals surface area contributed by atoms with Gasteiger partial charge in [0.1, 0.15) is 11.5 Å². The van der Waals surface area contributed by atoms with Crippen LogP contribution in [0.2, 0.25) is 0 Å². The predicted octanol–water partition coefficient (Wildman–Crippen LogP) is 4.13. The first-order chi connectivity index (χ1) is 18.0. The summed E-state index contributed by atoms with van der Waals surface area (Å²) in [5.74, 6) is 0.768. The van der Waals surface area contributed by atoms with Crippen LogP contribution >= 0.6 is 0 Å². The van der Waals surface area contributed by atoms with Crippen LogP contribution in [-0.2, 0) is 19.4 Å². The van der Waals surface area contributed by atoms with Crippen LogP contribution in [0.3, 0.4) is 0 Å². The Bertz CT molecular complexity index is 1260. The van der Waals surface area contributed by atoms with E-state index in [0.29, 0.717) is 36.2 Å². The Kier molecular flexibility index (Phi) is 9.91. The molecule has 0 saturated carbocycles. The molecule has 3 aromatic rings. The molecule has 5 N–H and O–H groups in total. The fraction of sp³-hybridized carbons (Fsp3) is 0.387. The zero-order chi connectivity index (χ0) is 27.9. The monoisotopic (exact) mass is 520 g/mol. The summed E-state index contributed by atoms with van der Waals surface area (Å²) in [5, 5.41) is 36.1. The van der Waals surface area contributed by atoms with Crippen molar-refractivity contribution >= 4 is 5.91 Å². The minimum absolute atomic E-state index is 0.00611. The highest BCUT2D eigenvalue weighted by molar-refractivity contribution is 5.94.